The molecule has 0 unspecified atom stereocenters. The number of anilines is 1. The van der Waals surface area contributed by atoms with E-state index in [2.05, 4.69) is 5.10 Å². The standard InChI is InChI=1S/C29H22F3N3O9/c1-41-19(36)13-18(24(37)42-2)34-22-16-7-5-6-8-17(16)23-28(34,21(26(39)44-4)20(22)25(38)43-3)27(40)35(33-23)15-11-9-14(10-12-15)29(30,31)32/h5-13,22H,1-4H3/b18-13-/t22-,28-/m1/s1. The van der Waals surface area contributed by atoms with Gasteiger partial charge in [-0.25, -0.2) is 19.2 Å². The fourth-order valence-electron chi connectivity index (χ4n) is 5.66. The lowest BCUT2D eigenvalue weighted by molar-refractivity contribution is -0.142. The van der Waals surface area contributed by atoms with Crippen LogP contribution in [0.2, 0.25) is 0 Å². The minimum atomic E-state index is -4.68. The number of rotatable bonds is 6. The van der Waals surface area contributed by atoms with E-state index in [0.717, 1.165) is 68.7 Å². The van der Waals surface area contributed by atoms with E-state index in [-0.39, 0.29) is 22.5 Å². The Balaban J connectivity index is 1.91. The average molecular weight is 614 g/mol. The van der Waals surface area contributed by atoms with Crippen molar-refractivity contribution in [3.8, 4) is 0 Å². The second-order valence-electron chi connectivity index (χ2n) is 9.50. The Hall–Kier alpha value is -5.47. The van der Waals surface area contributed by atoms with Crippen molar-refractivity contribution in [1.82, 2.24) is 4.90 Å². The van der Waals surface area contributed by atoms with Crippen LogP contribution in [0.1, 0.15) is 22.7 Å². The zero-order chi connectivity index (χ0) is 32.1. The fraction of sp³-hybridized carbons (Fsp3) is 0.241. The molecule has 0 saturated carbocycles. The summed E-state index contributed by atoms with van der Waals surface area (Å²) in [4.78, 5) is 68.7. The molecule has 2 aromatic rings. The molecule has 1 amide bonds. The number of hydrogen-bond donors (Lipinski definition) is 0. The monoisotopic (exact) mass is 613 g/mol. The highest BCUT2D eigenvalue weighted by molar-refractivity contribution is 6.37. The summed E-state index contributed by atoms with van der Waals surface area (Å²) in [5.41, 5.74) is -4.84. The number of carbonyl (C=O) groups excluding carboxylic acids is 5. The Bertz CT molecular complexity index is 1710. The first-order chi connectivity index (χ1) is 20.9. The van der Waals surface area contributed by atoms with Gasteiger partial charge in [0.15, 0.2) is 0 Å². The third-order valence-electron chi connectivity index (χ3n) is 7.42. The number of benzene rings is 2. The molecule has 5 rings (SSSR count). The maximum atomic E-state index is 14.7. The first-order valence-electron chi connectivity index (χ1n) is 12.7. The minimum Gasteiger partial charge on any atom is -0.466 e. The Morgan fingerprint density at radius 2 is 1.52 bits per heavy atom. The summed E-state index contributed by atoms with van der Waals surface area (Å²) in [6.07, 6.45) is -3.96. The van der Waals surface area contributed by atoms with Crippen molar-refractivity contribution in [2.45, 2.75) is 17.8 Å². The summed E-state index contributed by atoms with van der Waals surface area (Å²) in [7, 11) is 4.06. The Morgan fingerprint density at radius 3 is 2.09 bits per heavy atom. The number of hydrogen-bond acceptors (Lipinski definition) is 11. The van der Waals surface area contributed by atoms with Crippen molar-refractivity contribution >= 4 is 41.2 Å². The molecule has 3 aliphatic rings. The van der Waals surface area contributed by atoms with Crippen LogP contribution in [0.25, 0.3) is 0 Å². The van der Waals surface area contributed by atoms with Gasteiger partial charge in [0, 0.05) is 5.56 Å². The molecule has 3 heterocycles. The highest BCUT2D eigenvalue weighted by atomic mass is 19.4. The number of esters is 4. The Kier molecular flexibility index (Phi) is 7.27. The van der Waals surface area contributed by atoms with Crippen molar-refractivity contribution in [1.29, 1.82) is 0 Å². The van der Waals surface area contributed by atoms with Gasteiger partial charge in [0.1, 0.15) is 11.4 Å². The van der Waals surface area contributed by atoms with Crippen LogP contribution in [0.5, 0.6) is 0 Å². The van der Waals surface area contributed by atoms with Crippen molar-refractivity contribution in [3.63, 3.8) is 0 Å². The average Bonchev–Trinajstić information content (AvgIpc) is 3.47. The van der Waals surface area contributed by atoms with Crippen LogP contribution in [0.15, 0.2) is 76.6 Å². The number of amides is 1. The lowest BCUT2D eigenvalue weighted by atomic mass is 9.77. The third kappa shape index (κ3) is 4.14. The number of alkyl halides is 3. The number of hydrazone groups is 1. The summed E-state index contributed by atoms with van der Waals surface area (Å²) in [6.45, 7) is 0. The predicted molar refractivity (Wildman–Crippen MR) is 142 cm³/mol. The van der Waals surface area contributed by atoms with E-state index in [1.54, 1.807) is 24.3 Å². The molecular weight excluding hydrogens is 591 g/mol. The molecule has 0 aliphatic carbocycles. The van der Waals surface area contributed by atoms with Gasteiger partial charge in [-0.15, -0.1) is 0 Å². The predicted octanol–water partition coefficient (Wildman–Crippen LogP) is 2.44. The van der Waals surface area contributed by atoms with Crippen molar-refractivity contribution in [2.24, 2.45) is 5.10 Å². The smallest absolute Gasteiger partial charge is 0.416 e. The summed E-state index contributed by atoms with van der Waals surface area (Å²) >= 11 is 0. The molecule has 0 aromatic heterocycles. The Labute approximate surface area is 246 Å². The van der Waals surface area contributed by atoms with Gasteiger partial charge in [0.05, 0.1) is 63.0 Å². The number of nitrogens with zero attached hydrogens (tertiary/aromatic N) is 3. The maximum Gasteiger partial charge on any atom is 0.416 e. The number of fused-ring (bicyclic) bond motifs is 4. The summed E-state index contributed by atoms with van der Waals surface area (Å²) in [6, 6.07) is 8.32. The van der Waals surface area contributed by atoms with E-state index in [9.17, 15) is 37.1 Å². The largest absolute Gasteiger partial charge is 0.466 e. The van der Waals surface area contributed by atoms with Crippen LogP contribution in [-0.4, -0.2) is 74.4 Å². The van der Waals surface area contributed by atoms with E-state index >= 15 is 0 Å². The van der Waals surface area contributed by atoms with Gasteiger partial charge in [-0.3, -0.25) is 4.79 Å². The highest BCUT2D eigenvalue weighted by Gasteiger charge is 2.72. The minimum absolute atomic E-state index is 0.138. The van der Waals surface area contributed by atoms with E-state index in [4.69, 9.17) is 18.9 Å². The van der Waals surface area contributed by atoms with E-state index < -0.39 is 69.9 Å². The molecule has 12 nitrogen and oxygen atoms in total. The zero-order valence-corrected chi connectivity index (χ0v) is 23.4. The first-order valence-corrected chi connectivity index (χ1v) is 12.7. The van der Waals surface area contributed by atoms with Crippen LogP contribution < -0.4 is 5.01 Å². The molecular formula is C29H22F3N3O9. The third-order valence-corrected chi connectivity index (χ3v) is 7.42. The van der Waals surface area contributed by atoms with E-state index in [0.29, 0.717) is 0 Å². The van der Waals surface area contributed by atoms with E-state index in [1.807, 2.05) is 0 Å². The molecule has 15 heteroatoms. The molecule has 0 N–H and O–H groups in total. The van der Waals surface area contributed by atoms with Gasteiger partial charge >= 0.3 is 30.1 Å². The molecule has 0 saturated heterocycles. The van der Waals surface area contributed by atoms with E-state index in [1.165, 1.54) is 0 Å². The number of halogens is 3. The second kappa shape index (κ2) is 10.7. The quantitative estimate of drug-likeness (QED) is 0.271. The number of ether oxygens (including phenoxy) is 4. The number of methoxy groups -OCH3 is 4. The summed E-state index contributed by atoms with van der Waals surface area (Å²) in [5, 5.41) is 5.20. The van der Waals surface area contributed by atoms with Crippen LogP contribution in [0.3, 0.4) is 0 Å². The van der Waals surface area contributed by atoms with Crippen molar-refractivity contribution in [2.75, 3.05) is 33.4 Å². The molecule has 0 radical (unpaired) electrons. The molecule has 44 heavy (non-hydrogen) atoms. The number of carbonyl (C=O) groups is 5. The van der Waals surface area contributed by atoms with Gasteiger partial charge in [-0.2, -0.15) is 23.3 Å². The Morgan fingerprint density at radius 1 is 0.886 bits per heavy atom. The molecule has 0 fully saturated rings. The normalized spacial score (nSPS) is 20.5. The molecule has 1 spiro atoms. The van der Waals surface area contributed by atoms with Gasteiger partial charge in [0.25, 0.3) is 5.91 Å². The van der Waals surface area contributed by atoms with Gasteiger partial charge in [-0.05, 0) is 29.8 Å². The van der Waals surface area contributed by atoms with Gasteiger partial charge in [-0.1, -0.05) is 24.3 Å². The molecule has 2 bridgehead atoms. The van der Waals surface area contributed by atoms with Crippen LogP contribution in [-0.2, 0) is 49.1 Å². The second-order valence-corrected chi connectivity index (χ2v) is 9.50. The highest BCUT2D eigenvalue weighted by Crippen LogP contribution is 2.58. The summed E-state index contributed by atoms with van der Waals surface area (Å²) < 4.78 is 59.6. The van der Waals surface area contributed by atoms with Crippen LogP contribution >= 0.6 is 0 Å². The topological polar surface area (TPSA) is 141 Å². The zero-order valence-electron chi connectivity index (χ0n) is 23.4. The van der Waals surface area contributed by atoms with Gasteiger partial charge < -0.3 is 23.8 Å². The van der Waals surface area contributed by atoms with Crippen molar-refractivity contribution < 1.29 is 56.1 Å². The first kappa shape index (κ1) is 30.0. The lowest BCUT2D eigenvalue weighted by Crippen LogP contribution is -2.62. The van der Waals surface area contributed by atoms with Crippen LogP contribution in [0.4, 0.5) is 18.9 Å². The molecule has 2 aromatic carbocycles. The lowest BCUT2D eigenvalue weighted by Gasteiger charge is -2.44. The maximum absolute atomic E-state index is 14.7. The molecule has 3 aliphatic heterocycles. The molecule has 2 atom stereocenters. The van der Waals surface area contributed by atoms with Crippen LogP contribution in [0, 0.1) is 0 Å². The summed E-state index contributed by atoms with van der Waals surface area (Å²) in [5.74, 6) is -5.54. The fourth-order valence-corrected chi connectivity index (χ4v) is 5.66. The SMILES string of the molecule is COC(=O)/C=C(/C(=O)OC)N1[C@H]2C(C(=O)OC)=C(C(=O)OC)[C@@]13C(=O)N(c1ccc(C(F)(F)F)cc1)N=C3c1ccccc12. The van der Waals surface area contributed by atoms with Gasteiger partial charge in [0.2, 0.25) is 5.54 Å². The van der Waals surface area contributed by atoms with Crippen molar-refractivity contribution in [3.05, 3.63) is 88.1 Å². The molecule has 228 valence electrons.